The summed E-state index contributed by atoms with van der Waals surface area (Å²) in [4.78, 5) is 42.8. The van der Waals surface area contributed by atoms with Gasteiger partial charge in [-0.1, -0.05) is 12.8 Å². The number of amides is 2. The van der Waals surface area contributed by atoms with Crippen molar-refractivity contribution in [1.29, 1.82) is 0 Å². The van der Waals surface area contributed by atoms with Crippen molar-refractivity contribution in [2.75, 3.05) is 26.2 Å². The number of carbonyl (C=O) groups excluding carboxylic acids is 2. The van der Waals surface area contributed by atoms with Crippen LogP contribution in [0.1, 0.15) is 40.2 Å². The van der Waals surface area contributed by atoms with Crippen LogP contribution in [0.4, 0.5) is 0 Å². The third kappa shape index (κ3) is 2.73. The summed E-state index contributed by atoms with van der Waals surface area (Å²) in [6.45, 7) is 3.24. The molecule has 2 saturated heterocycles. The van der Waals surface area contributed by atoms with Gasteiger partial charge in [0, 0.05) is 42.9 Å². The molecule has 0 radical (unpaired) electrons. The third-order valence-corrected chi connectivity index (χ3v) is 7.28. The van der Waals surface area contributed by atoms with Crippen LogP contribution in [0.3, 0.4) is 0 Å². The molecular formula is C19H24N2O4S. The molecular weight excluding hydrogens is 352 g/mol. The first-order valence-electron chi connectivity index (χ1n) is 9.28. The van der Waals surface area contributed by atoms with Gasteiger partial charge in [0.2, 0.25) is 5.91 Å². The average molecular weight is 376 g/mol. The van der Waals surface area contributed by atoms with Crippen LogP contribution in [0.15, 0.2) is 12.1 Å². The Morgan fingerprint density at radius 3 is 2.35 bits per heavy atom. The fraction of sp³-hybridized carbons (Fsp3) is 0.632. The van der Waals surface area contributed by atoms with E-state index >= 15 is 0 Å². The van der Waals surface area contributed by atoms with Crippen molar-refractivity contribution in [1.82, 2.24) is 9.80 Å². The maximum absolute atomic E-state index is 12.7. The van der Waals surface area contributed by atoms with E-state index in [1.807, 2.05) is 13.0 Å². The number of aliphatic carboxylic acids is 1. The highest BCUT2D eigenvalue weighted by Crippen LogP contribution is 2.44. The van der Waals surface area contributed by atoms with Crippen LogP contribution in [0.2, 0.25) is 0 Å². The molecule has 1 aliphatic carbocycles. The molecule has 1 aromatic heterocycles. The first kappa shape index (κ1) is 17.5. The highest BCUT2D eigenvalue weighted by molar-refractivity contribution is 7.13. The molecule has 0 spiro atoms. The molecule has 0 bridgehead atoms. The number of carbonyl (C=O) groups is 3. The van der Waals surface area contributed by atoms with E-state index in [1.54, 1.807) is 15.9 Å². The van der Waals surface area contributed by atoms with Crippen LogP contribution < -0.4 is 0 Å². The summed E-state index contributed by atoms with van der Waals surface area (Å²) in [7, 11) is 0. The number of hydrogen-bond donors (Lipinski definition) is 1. The van der Waals surface area contributed by atoms with Crippen molar-refractivity contribution in [3.05, 3.63) is 21.9 Å². The second-order valence-electron chi connectivity index (χ2n) is 7.95. The van der Waals surface area contributed by atoms with Crippen LogP contribution in [-0.2, 0) is 9.59 Å². The topological polar surface area (TPSA) is 77.9 Å². The molecule has 1 aromatic rings. The normalized spacial score (nSPS) is 28.6. The molecule has 140 valence electrons. The highest BCUT2D eigenvalue weighted by atomic mass is 32.1. The van der Waals surface area contributed by atoms with E-state index < -0.39 is 11.4 Å². The molecule has 3 fully saturated rings. The number of fused-ring (bicyclic) bond motifs is 1. The van der Waals surface area contributed by atoms with Gasteiger partial charge in [-0.15, -0.1) is 11.3 Å². The Hall–Kier alpha value is -1.89. The van der Waals surface area contributed by atoms with Crippen LogP contribution >= 0.6 is 11.3 Å². The summed E-state index contributed by atoms with van der Waals surface area (Å²) in [5, 5.41) is 9.94. The third-order valence-electron chi connectivity index (χ3n) is 6.29. The van der Waals surface area contributed by atoms with Crippen LogP contribution in [0.5, 0.6) is 0 Å². The van der Waals surface area contributed by atoms with Gasteiger partial charge in [-0.3, -0.25) is 14.4 Å². The smallest absolute Gasteiger partial charge is 0.313 e. The fourth-order valence-corrected chi connectivity index (χ4v) is 5.66. The molecule has 1 saturated carbocycles. The number of carboxylic acids is 1. The zero-order chi connectivity index (χ0) is 18.5. The Morgan fingerprint density at radius 2 is 1.77 bits per heavy atom. The summed E-state index contributed by atoms with van der Waals surface area (Å²) in [5.41, 5.74) is -1.02. The van der Waals surface area contributed by atoms with Crippen molar-refractivity contribution < 1.29 is 19.5 Å². The second-order valence-corrected chi connectivity index (χ2v) is 9.24. The quantitative estimate of drug-likeness (QED) is 0.878. The predicted molar refractivity (Wildman–Crippen MR) is 97.1 cm³/mol. The SMILES string of the molecule is Cc1ccc(C(=O)N2C[C@@H]3CN(C(=O)C4CCCC4)C[C@]3(C(=O)O)C2)s1. The van der Waals surface area contributed by atoms with Gasteiger partial charge in [0.25, 0.3) is 5.91 Å². The van der Waals surface area contributed by atoms with Gasteiger partial charge in [0.15, 0.2) is 0 Å². The van der Waals surface area contributed by atoms with Crippen molar-refractivity contribution in [2.45, 2.75) is 32.6 Å². The van der Waals surface area contributed by atoms with E-state index in [-0.39, 0.29) is 36.7 Å². The summed E-state index contributed by atoms with van der Waals surface area (Å²) in [6.07, 6.45) is 4.01. The molecule has 26 heavy (non-hydrogen) atoms. The Bertz CT molecular complexity index is 754. The molecule has 7 heteroatoms. The molecule has 2 amide bonds. The molecule has 1 N–H and O–H groups in total. The van der Waals surface area contributed by atoms with E-state index in [1.165, 1.54) is 11.3 Å². The Labute approximate surface area is 156 Å². The first-order chi connectivity index (χ1) is 12.4. The fourth-order valence-electron chi connectivity index (χ4n) is 4.83. The highest BCUT2D eigenvalue weighted by Gasteiger charge is 2.59. The minimum atomic E-state index is -1.02. The first-order valence-corrected chi connectivity index (χ1v) is 10.1. The predicted octanol–water partition coefficient (Wildman–Crippen LogP) is 2.23. The van der Waals surface area contributed by atoms with Gasteiger partial charge in [0.1, 0.15) is 5.41 Å². The second kappa shape index (κ2) is 6.37. The maximum atomic E-state index is 12.7. The monoisotopic (exact) mass is 376 g/mol. The van der Waals surface area contributed by atoms with Gasteiger partial charge >= 0.3 is 5.97 Å². The summed E-state index contributed by atoms with van der Waals surface area (Å²) >= 11 is 1.44. The van der Waals surface area contributed by atoms with Crippen LogP contribution in [0, 0.1) is 24.2 Å². The zero-order valence-electron chi connectivity index (χ0n) is 14.9. The summed E-state index contributed by atoms with van der Waals surface area (Å²) < 4.78 is 0. The summed E-state index contributed by atoms with van der Waals surface area (Å²) in [6, 6.07) is 3.71. The number of likely N-dealkylation sites (tertiary alicyclic amines) is 2. The van der Waals surface area contributed by atoms with Gasteiger partial charge in [-0.25, -0.2) is 0 Å². The van der Waals surface area contributed by atoms with Crippen molar-refractivity contribution in [3.8, 4) is 0 Å². The molecule has 2 aliphatic heterocycles. The van der Waals surface area contributed by atoms with E-state index in [0.29, 0.717) is 18.0 Å². The lowest BCUT2D eigenvalue weighted by Crippen LogP contribution is -2.43. The molecule has 2 atom stereocenters. The Morgan fingerprint density at radius 1 is 1.12 bits per heavy atom. The van der Waals surface area contributed by atoms with Crippen molar-refractivity contribution in [3.63, 3.8) is 0 Å². The van der Waals surface area contributed by atoms with Crippen LogP contribution in [-0.4, -0.2) is 58.9 Å². The Balaban J connectivity index is 1.51. The van der Waals surface area contributed by atoms with E-state index in [0.717, 1.165) is 30.6 Å². The molecule has 6 nitrogen and oxygen atoms in total. The Kier molecular flexibility index (Phi) is 4.29. The van der Waals surface area contributed by atoms with Crippen LogP contribution in [0.25, 0.3) is 0 Å². The largest absolute Gasteiger partial charge is 0.481 e. The zero-order valence-corrected chi connectivity index (χ0v) is 15.8. The van der Waals surface area contributed by atoms with Crippen molar-refractivity contribution >= 4 is 29.1 Å². The molecule has 3 heterocycles. The van der Waals surface area contributed by atoms with Gasteiger partial charge < -0.3 is 14.9 Å². The lowest BCUT2D eigenvalue weighted by Gasteiger charge is -2.26. The van der Waals surface area contributed by atoms with E-state index in [9.17, 15) is 19.5 Å². The lowest BCUT2D eigenvalue weighted by molar-refractivity contribution is -0.149. The number of aryl methyl sites for hydroxylation is 1. The maximum Gasteiger partial charge on any atom is 0.313 e. The number of thiophene rings is 1. The van der Waals surface area contributed by atoms with Gasteiger partial charge in [-0.05, 0) is 31.9 Å². The number of carboxylic acid groups (broad SMARTS) is 1. The number of nitrogens with zero attached hydrogens (tertiary/aromatic N) is 2. The minimum absolute atomic E-state index is 0.0616. The molecule has 3 aliphatic rings. The van der Waals surface area contributed by atoms with Gasteiger partial charge in [-0.2, -0.15) is 0 Å². The standard InChI is InChI=1S/C19H24N2O4S/c1-12-6-7-15(26-12)17(23)21-9-14-8-20(10-19(14,11-21)18(24)25)16(22)13-4-2-3-5-13/h6-7,13-14H,2-5,8-11H2,1H3,(H,24,25)/t14-,19-/m0/s1. The van der Waals surface area contributed by atoms with Gasteiger partial charge in [0.05, 0.1) is 4.88 Å². The minimum Gasteiger partial charge on any atom is -0.481 e. The lowest BCUT2D eigenvalue weighted by atomic mass is 9.81. The molecule has 0 aromatic carbocycles. The van der Waals surface area contributed by atoms with E-state index in [2.05, 4.69) is 0 Å². The van der Waals surface area contributed by atoms with Crippen molar-refractivity contribution in [2.24, 2.45) is 17.3 Å². The van der Waals surface area contributed by atoms with E-state index in [4.69, 9.17) is 0 Å². The number of rotatable bonds is 3. The molecule has 0 unspecified atom stereocenters. The number of hydrogen-bond acceptors (Lipinski definition) is 4. The molecule has 4 rings (SSSR count). The summed E-state index contributed by atoms with van der Waals surface area (Å²) in [5.74, 6) is -0.986. The average Bonchev–Trinajstić information content (AvgIpc) is 3.35.